The summed E-state index contributed by atoms with van der Waals surface area (Å²) in [7, 11) is 0. The SMILES string of the molecule is NC(=O)NC(=O)COc1cccc(I)c1. The summed E-state index contributed by atoms with van der Waals surface area (Å²) in [4.78, 5) is 21.3. The van der Waals surface area contributed by atoms with Crippen LogP contribution in [0.1, 0.15) is 0 Å². The van der Waals surface area contributed by atoms with Crippen LogP contribution in [0.3, 0.4) is 0 Å². The number of hydrogen-bond acceptors (Lipinski definition) is 3. The first-order valence-electron chi connectivity index (χ1n) is 4.05. The molecule has 0 aromatic heterocycles. The standard InChI is InChI=1S/C9H9IN2O3/c10-6-2-1-3-7(4-6)15-5-8(13)12-9(11)14/h1-4H,5H2,(H3,11,12,13,14). The van der Waals surface area contributed by atoms with Gasteiger partial charge in [0.1, 0.15) is 5.75 Å². The van der Waals surface area contributed by atoms with Gasteiger partial charge in [0, 0.05) is 3.57 Å². The van der Waals surface area contributed by atoms with Crippen LogP contribution in [0.5, 0.6) is 5.75 Å². The van der Waals surface area contributed by atoms with E-state index in [1.807, 2.05) is 17.4 Å². The molecule has 1 aromatic rings. The van der Waals surface area contributed by atoms with E-state index in [0.29, 0.717) is 5.75 Å². The number of rotatable bonds is 3. The molecule has 0 saturated heterocycles. The fourth-order valence-corrected chi connectivity index (χ4v) is 1.39. The number of benzene rings is 1. The van der Waals surface area contributed by atoms with Gasteiger partial charge < -0.3 is 10.5 Å². The van der Waals surface area contributed by atoms with E-state index in [0.717, 1.165) is 3.57 Å². The average molecular weight is 320 g/mol. The zero-order chi connectivity index (χ0) is 11.3. The second-order valence-corrected chi connectivity index (χ2v) is 3.90. The first kappa shape index (κ1) is 11.8. The van der Waals surface area contributed by atoms with Crippen LogP contribution < -0.4 is 15.8 Å². The van der Waals surface area contributed by atoms with Gasteiger partial charge >= 0.3 is 6.03 Å². The van der Waals surface area contributed by atoms with E-state index < -0.39 is 11.9 Å². The fraction of sp³-hybridized carbons (Fsp3) is 0.111. The normalized spacial score (nSPS) is 9.40. The zero-order valence-electron chi connectivity index (χ0n) is 7.70. The first-order valence-corrected chi connectivity index (χ1v) is 5.13. The molecule has 80 valence electrons. The average Bonchev–Trinajstić information content (AvgIpc) is 2.14. The molecular weight excluding hydrogens is 311 g/mol. The molecule has 0 spiro atoms. The van der Waals surface area contributed by atoms with Gasteiger partial charge in [0.15, 0.2) is 6.61 Å². The lowest BCUT2D eigenvalue weighted by molar-refractivity contribution is -0.121. The van der Waals surface area contributed by atoms with Crippen molar-refractivity contribution in [3.63, 3.8) is 0 Å². The van der Waals surface area contributed by atoms with Crippen molar-refractivity contribution in [2.24, 2.45) is 5.73 Å². The summed E-state index contributed by atoms with van der Waals surface area (Å²) < 4.78 is 6.13. The number of hydrogen-bond donors (Lipinski definition) is 2. The number of primary amides is 1. The molecule has 15 heavy (non-hydrogen) atoms. The lowest BCUT2D eigenvalue weighted by atomic mass is 10.3. The van der Waals surface area contributed by atoms with E-state index in [1.165, 1.54) is 0 Å². The van der Waals surface area contributed by atoms with E-state index >= 15 is 0 Å². The smallest absolute Gasteiger partial charge is 0.318 e. The molecule has 3 N–H and O–H groups in total. The fourth-order valence-electron chi connectivity index (χ4n) is 0.879. The Bertz CT molecular complexity index is 381. The van der Waals surface area contributed by atoms with Crippen LogP contribution in [0, 0.1) is 3.57 Å². The molecule has 3 amide bonds. The highest BCUT2D eigenvalue weighted by atomic mass is 127. The molecule has 0 heterocycles. The van der Waals surface area contributed by atoms with E-state index in [9.17, 15) is 9.59 Å². The second kappa shape index (κ2) is 5.54. The number of nitrogens with one attached hydrogen (secondary N) is 1. The van der Waals surface area contributed by atoms with Crippen LogP contribution in [0.4, 0.5) is 4.79 Å². The number of ether oxygens (including phenoxy) is 1. The van der Waals surface area contributed by atoms with Gasteiger partial charge in [-0.05, 0) is 40.8 Å². The number of halogens is 1. The Labute approximate surface area is 100 Å². The Hall–Kier alpha value is -1.31. The van der Waals surface area contributed by atoms with Crippen LogP contribution in [0.2, 0.25) is 0 Å². The Balaban J connectivity index is 2.43. The predicted octanol–water partition coefficient (Wildman–Crippen LogP) is 0.865. The highest BCUT2D eigenvalue weighted by molar-refractivity contribution is 14.1. The topological polar surface area (TPSA) is 81.4 Å². The van der Waals surface area contributed by atoms with Gasteiger partial charge in [-0.1, -0.05) is 6.07 Å². The highest BCUT2D eigenvalue weighted by Gasteiger charge is 2.04. The third-order valence-electron chi connectivity index (χ3n) is 1.43. The molecule has 0 aliphatic rings. The molecule has 0 aliphatic carbocycles. The molecule has 5 nitrogen and oxygen atoms in total. The van der Waals surface area contributed by atoms with Crippen molar-refractivity contribution in [3.05, 3.63) is 27.8 Å². The van der Waals surface area contributed by atoms with Gasteiger partial charge in [-0.2, -0.15) is 0 Å². The first-order chi connectivity index (χ1) is 7.08. The van der Waals surface area contributed by atoms with Crippen LogP contribution in [-0.4, -0.2) is 18.5 Å². The number of carbonyl (C=O) groups is 2. The van der Waals surface area contributed by atoms with Gasteiger partial charge in [0.2, 0.25) is 0 Å². The molecular formula is C9H9IN2O3. The van der Waals surface area contributed by atoms with Crippen LogP contribution in [-0.2, 0) is 4.79 Å². The summed E-state index contributed by atoms with van der Waals surface area (Å²) in [5.74, 6) is 0.00267. The molecule has 1 rings (SSSR count). The van der Waals surface area contributed by atoms with Crippen LogP contribution >= 0.6 is 22.6 Å². The summed E-state index contributed by atoms with van der Waals surface area (Å²) in [6.45, 7) is -0.233. The Morgan fingerprint density at radius 3 is 2.80 bits per heavy atom. The quantitative estimate of drug-likeness (QED) is 0.811. The third-order valence-corrected chi connectivity index (χ3v) is 2.10. The van der Waals surface area contributed by atoms with Gasteiger partial charge in [-0.15, -0.1) is 0 Å². The van der Waals surface area contributed by atoms with E-state index in [1.54, 1.807) is 12.1 Å². The molecule has 0 fully saturated rings. The van der Waals surface area contributed by atoms with Gasteiger partial charge in [-0.25, -0.2) is 4.79 Å². The number of amides is 3. The van der Waals surface area contributed by atoms with Crippen molar-refractivity contribution in [3.8, 4) is 5.75 Å². The summed E-state index contributed by atoms with van der Waals surface area (Å²) in [5, 5.41) is 1.90. The molecule has 0 bridgehead atoms. The van der Waals surface area contributed by atoms with E-state index in [2.05, 4.69) is 22.6 Å². The predicted molar refractivity (Wildman–Crippen MR) is 62.4 cm³/mol. The summed E-state index contributed by atoms with van der Waals surface area (Å²) in [5.41, 5.74) is 4.76. The van der Waals surface area contributed by atoms with Crippen molar-refractivity contribution in [2.75, 3.05) is 6.61 Å². The summed E-state index contributed by atoms with van der Waals surface area (Å²) in [6.07, 6.45) is 0. The molecule has 0 aliphatic heterocycles. The number of urea groups is 1. The maximum absolute atomic E-state index is 11.0. The van der Waals surface area contributed by atoms with Crippen LogP contribution in [0.25, 0.3) is 0 Å². The van der Waals surface area contributed by atoms with Crippen molar-refractivity contribution in [1.82, 2.24) is 5.32 Å². The summed E-state index contributed by atoms with van der Waals surface area (Å²) >= 11 is 2.13. The maximum atomic E-state index is 11.0. The Morgan fingerprint density at radius 1 is 1.47 bits per heavy atom. The minimum absolute atomic E-state index is 0.233. The van der Waals surface area contributed by atoms with Crippen molar-refractivity contribution >= 4 is 34.5 Å². The molecule has 0 radical (unpaired) electrons. The minimum Gasteiger partial charge on any atom is -0.484 e. The Kier molecular flexibility index (Phi) is 4.35. The van der Waals surface area contributed by atoms with Gasteiger partial charge in [0.25, 0.3) is 5.91 Å². The van der Waals surface area contributed by atoms with Crippen molar-refractivity contribution in [2.45, 2.75) is 0 Å². The molecule has 6 heteroatoms. The largest absolute Gasteiger partial charge is 0.484 e. The van der Waals surface area contributed by atoms with Crippen molar-refractivity contribution < 1.29 is 14.3 Å². The molecule has 0 atom stereocenters. The Morgan fingerprint density at radius 2 is 2.20 bits per heavy atom. The van der Waals surface area contributed by atoms with Crippen molar-refractivity contribution in [1.29, 1.82) is 0 Å². The lowest BCUT2D eigenvalue weighted by Gasteiger charge is -2.05. The highest BCUT2D eigenvalue weighted by Crippen LogP contribution is 2.14. The monoisotopic (exact) mass is 320 g/mol. The van der Waals surface area contributed by atoms with E-state index in [-0.39, 0.29) is 6.61 Å². The minimum atomic E-state index is -0.883. The second-order valence-electron chi connectivity index (χ2n) is 2.66. The van der Waals surface area contributed by atoms with Crippen LogP contribution in [0.15, 0.2) is 24.3 Å². The molecule has 1 aromatic carbocycles. The number of nitrogens with two attached hydrogens (primary N) is 1. The maximum Gasteiger partial charge on any atom is 0.318 e. The molecule has 0 saturated carbocycles. The summed E-state index contributed by atoms with van der Waals surface area (Å²) in [6, 6.07) is 6.32. The number of imide groups is 1. The third kappa shape index (κ3) is 4.63. The zero-order valence-corrected chi connectivity index (χ0v) is 9.85. The molecule has 0 unspecified atom stereocenters. The lowest BCUT2D eigenvalue weighted by Crippen LogP contribution is -2.38. The van der Waals surface area contributed by atoms with E-state index in [4.69, 9.17) is 10.5 Å². The van der Waals surface area contributed by atoms with Gasteiger partial charge in [-0.3, -0.25) is 10.1 Å². The number of carbonyl (C=O) groups excluding carboxylic acids is 2. The van der Waals surface area contributed by atoms with Gasteiger partial charge in [0.05, 0.1) is 0 Å².